The van der Waals surface area contributed by atoms with Crippen molar-refractivity contribution in [3.8, 4) is 5.75 Å². The van der Waals surface area contributed by atoms with Gasteiger partial charge in [-0.15, -0.1) is 0 Å². The van der Waals surface area contributed by atoms with E-state index in [1.807, 2.05) is 44.3 Å². The first kappa shape index (κ1) is 19.9. The van der Waals surface area contributed by atoms with Crippen molar-refractivity contribution in [2.24, 2.45) is 0 Å². The maximum atomic E-state index is 12.7. The Morgan fingerprint density at radius 1 is 1.22 bits per heavy atom. The highest BCUT2D eigenvalue weighted by atomic mass is 16.5. The van der Waals surface area contributed by atoms with Gasteiger partial charge in [-0.05, 0) is 43.7 Å². The second-order valence-electron chi connectivity index (χ2n) is 7.84. The lowest BCUT2D eigenvalue weighted by Crippen LogP contribution is -2.38. The number of hydrogen-bond donors (Lipinski definition) is 2. The number of ether oxygens (including phenoxy) is 1. The van der Waals surface area contributed by atoms with E-state index in [1.54, 1.807) is 23.1 Å². The molecule has 0 atom stereocenters. The molecule has 0 aliphatic carbocycles. The lowest BCUT2D eigenvalue weighted by atomic mass is 10.1. The van der Waals surface area contributed by atoms with Gasteiger partial charge >= 0.3 is 0 Å². The fourth-order valence-electron chi connectivity index (χ4n) is 3.99. The normalized spacial score (nSPS) is 13.2. The van der Waals surface area contributed by atoms with Crippen molar-refractivity contribution in [1.29, 1.82) is 0 Å². The van der Waals surface area contributed by atoms with Gasteiger partial charge in [0.1, 0.15) is 11.5 Å². The molecule has 8 nitrogen and oxygen atoms in total. The summed E-state index contributed by atoms with van der Waals surface area (Å²) in [6, 6.07) is 13.2. The zero-order valence-corrected chi connectivity index (χ0v) is 17.8. The third-order valence-corrected chi connectivity index (χ3v) is 5.71. The van der Waals surface area contributed by atoms with Gasteiger partial charge in [-0.1, -0.05) is 23.4 Å². The van der Waals surface area contributed by atoms with Gasteiger partial charge in [0, 0.05) is 28.4 Å². The number of rotatable bonds is 5. The summed E-state index contributed by atoms with van der Waals surface area (Å²) in [5.74, 6) is 0.951. The minimum atomic E-state index is -0.167. The van der Waals surface area contributed by atoms with Gasteiger partial charge in [0.05, 0.1) is 24.3 Å². The summed E-state index contributed by atoms with van der Waals surface area (Å²) in [6.07, 6.45) is 2.09. The number of benzene rings is 2. The number of amides is 2. The van der Waals surface area contributed by atoms with Crippen LogP contribution in [0.2, 0.25) is 0 Å². The molecule has 0 fully saturated rings. The van der Waals surface area contributed by atoms with E-state index in [0.717, 1.165) is 27.7 Å². The van der Waals surface area contributed by atoms with Crippen LogP contribution in [0.25, 0.3) is 10.9 Å². The lowest BCUT2D eigenvalue weighted by molar-refractivity contribution is -0.121. The summed E-state index contributed by atoms with van der Waals surface area (Å²) in [5, 5.41) is 7.93. The van der Waals surface area contributed by atoms with Crippen molar-refractivity contribution >= 4 is 34.1 Å². The third-order valence-electron chi connectivity index (χ3n) is 5.71. The second kappa shape index (κ2) is 7.88. The standard InChI is InChI=1S/C24H22N4O4/c1-14-19(15(2)32-27-14)12-28-21-10-17(7-8-22(21)31-13-24(28)30)26-23(29)9-16-11-25-20-6-4-3-5-18(16)20/h3-8,10-11,25H,9,12-13H2,1-2H3,(H,26,29). The van der Waals surface area contributed by atoms with Crippen LogP contribution in [-0.2, 0) is 22.6 Å². The first-order valence-electron chi connectivity index (χ1n) is 10.3. The van der Waals surface area contributed by atoms with E-state index in [2.05, 4.69) is 15.5 Å². The number of carbonyl (C=O) groups excluding carboxylic acids is 2. The number of anilines is 2. The van der Waals surface area contributed by atoms with Crippen LogP contribution < -0.4 is 15.0 Å². The highest BCUT2D eigenvalue weighted by molar-refractivity contribution is 6.00. The third kappa shape index (κ3) is 3.60. The zero-order chi connectivity index (χ0) is 22.2. The molecule has 2 aromatic heterocycles. The molecule has 5 rings (SSSR count). The van der Waals surface area contributed by atoms with Crippen LogP contribution in [0.3, 0.4) is 0 Å². The topological polar surface area (TPSA) is 100 Å². The van der Waals surface area contributed by atoms with Crippen molar-refractivity contribution in [3.05, 3.63) is 71.2 Å². The number of H-pyrrole nitrogens is 1. The molecule has 1 aliphatic heterocycles. The Morgan fingerprint density at radius 2 is 2.06 bits per heavy atom. The highest BCUT2D eigenvalue weighted by Crippen LogP contribution is 2.36. The summed E-state index contributed by atoms with van der Waals surface area (Å²) in [6.45, 7) is 3.95. The Hall–Kier alpha value is -4.07. The molecule has 2 aromatic carbocycles. The molecule has 8 heteroatoms. The molecule has 0 saturated heterocycles. The monoisotopic (exact) mass is 430 g/mol. The predicted molar refractivity (Wildman–Crippen MR) is 120 cm³/mol. The average molecular weight is 430 g/mol. The van der Waals surface area contributed by atoms with E-state index < -0.39 is 0 Å². The van der Waals surface area contributed by atoms with Gasteiger partial charge in [0.25, 0.3) is 5.91 Å². The van der Waals surface area contributed by atoms with Gasteiger partial charge in [0.15, 0.2) is 6.61 Å². The molecule has 4 aromatic rings. The van der Waals surface area contributed by atoms with Gasteiger partial charge in [-0.25, -0.2) is 0 Å². The van der Waals surface area contributed by atoms with E-state index in [-0.39, 0.29) is 24.8 Å². The first-order valence-corrected chi connectivity index (χ1v) is 10.3. The van der Waals surface area contributed by atoms with E-state index in [1.165, 1.54) is 0 Å². The lowest BCUT2D eigenvalue weighted by Gasteiger charge is -2.29. The smallest absolute Gasteiger partial charge is 0.265 e. The summed E-state index contributed by atoms with van der Waals surface area (Å²) in [5.41, 5.74) is 4.72. The molecule has 32 heavy (non-hydrogen) atoms. The van der Waals surface area contributed by atoms with Gasteiger partial charge in [-0.3, -0.25) is 9.59 Å². The number of aromatic amines is 1. The number of aryl methyl sites for hydroxylation is 2. The minimum Gasteiger partial charge on any atom is -0.482 e. The molecular formula is C24H22N4O4. The Labute approximate surface area is 184 Å². The predicted octanol–water partition coefficient (Wildman–Crippen LogP) is 3.88. The molecule has 0 saturated carbocycles. The van der Waals surface area contributed by atoms with Gasteiger partial charge in [-0.2, -0.15) is 0 Å². The first-order chi connectivity index (χ1) is 15.5. The van der Waals surface area contributed by atoms with Crippen LogP contribution in [0, 0.1) is 13.8 Å². The zero-order valence-electron chi connectivity index (χ0n) is 17.8. The number of para-hydroxylation sites is 1. The summed E-state index contributed by atoms with van der Waals surface area (Å²) < 4.78 is 10.8. The van der Waals surface area contributed by atoms with Crippen molar-refractivity contribution in [2.45, 2.75) is 26.8 Å². The molecule has 3 heterocycles. The number of carbonyl (C=O) groups is 2. The van der Waals surface area contributed by atoms with E-state index >= 15 is 0 Å². The molecule has 2 N–H and O–H groups in total. The maximum Gasteiger partial charge on any atom is 0.265 e. The number of nitrogens with one attached hydrogen (secondary N) is 2. The minimum absolute atomic E-state index is 0.0390. The molecule has 162 valence electrons. The highest BCUT2D eigenvalue weighted by Gasteiger charge is 2.28. The van der Waals surface area contributed by atoms with Crippen molar-refractivity contribution in [1.82, 2.24) is 10.1 Å². The van der Waals surface area contributed by atoms with Crippen LogP contribution in [0.5, 0.6) is 5.75 Å². The molecular weight excluding hydrogens is 408 g/mol. The Balaban J connectivity index is 1.38. The SMILES string of the molecule is Cc1noc(C)c1CN1C(=O)COc2ccc(NC(=O)Cc3c[nH]c4ccccc34)cc21. The fourth-order valence-corrected chi connectivity index (χ4v) is 3.99. The number of fused-ring (bicyclic) bond motifs is 2. The second-order valence-corrected chi connectivity index (χ2v) is 7.84. The Kier molecular flexibility index (Phi) is 4.89. The molecule has 0 radical (unpaired) electrons. The van der Waals surface area contributed by atoms with E-state index in [9.17, 15) is 9.59 Å². The van der Waals surface area contributed by atoms with E-state index in [4.69, 9.17) is 9.26 Å². The van der Waals surface area contributed by atoms with Crippen LogP contribution in [0.4, 0.5) is 11.4 Å². The average Bonchev–Trinajstić information content (AvgIpc) is 3.33. The summed E-state index contributed by atoms with van der Waals surface area (Å²) in [4.78, 5) is 30.2. The summed E-state index contributed by atoms with van der Waals surface area (Å²) in [7, 11) is 0. The van der Waals surface area contributed by atoms with Crippen LogP contribution in [-0.4, -0.2) is 28.6 Å². The number of nitrogens with zero attached hydrogens (tertiary/aromatic N) is 2. The quantitative estimate of drug-likeness (QED) is 0.500. The molecule has 2 amide bonds. The molecule has 0 spiro atoms. The molecule has 1 aliphatic rings. The number of hydrogen-bond acceptors (Lipinski definition) is 5. The van der Waals surface area contributed by atoms with Crippen LogP contribution in [0.15, 0.2) is 53.2 Å². The summed E-state index contributed by atoms with van der Waals surface area (Å²) >= 11 is 0. The Morgan fingerprint density at radius 3 is 2.88 bits per heavy atom. The fraction of sp³-hybridized carbons (Fsp3) is 0.208. The maximum absolute atomic E-state index is 12.7. The van der Waals surface area contributed by atoms with Crippen molar-refractivity contribution in [2.75, 3.05) is 16.8 Å². The van der Waals surface area contributed by atoms with Gasteiger partial charge < -0.3 is 24.5 Å². The van der Waals surface area contributed by atoms with Crippen molar-refractivity contribution < 1.29 is 18.8 Å². The van der Waals surface area contributed by atoms with Gasteiger partial charge in [0.2, 0.25) is 5.91 Å². The van der Waals surface area contributed by atoms with Crippen LogP contribution in [0.1, 0.15) is 22.6 Å². The largest absolute Gasteiger partial charge is 0.482 e. The van der Waals surface area contributed by atoms with E-state index in [0.29, 0.717) is 29.4 Å². The Bertz CT molecular complexity index is 1320. The van der Waals surface area contributed by atoms with Crippen LogP contribution >= 0.6 is 0 Å². The number of aromatic nitrogens is 2. The van der Waals surface area contributed by atoms with Crippen molar-refractivity contribution in [3.63, 3.8) is 0 Å². The molecule has 0 bridgehead atoms. The molecule has 0 unspecified atom stereocenters.